The van der Waals surface area contributed by atoms with Gasteiger partial charge in [-0.3, -0.25) is 4.79 Å². The van der Waals surface area contributed by atoms with Gasteiger partial charge >= 0.3 is 0 Å². The molecule has 1 amide bonds. The zero-order chi connectivity index (χ0) is 18.8. The van der Waals surface area contributed by atoms with E-state index in [0.29, 0.717) is 21.0 Å². The summed E-state index contributed by atoms with van der Waals surface area (Å²) in [5.74, 6) is -0.303. The molecule has 9 heteroatoms. The third-order valence-corrected chi connectivity index (χ3v) is 5.20. The highest BCUT2D eigenvalue weighted by atomic mass is 79.9. The van der Waals surface area contributed by atoms with Crippen molar-refractivity contribution in [1.82, 2.24) is 20.2 Å². The van der Waals surface area contributed by atoms with Gasteiger partial charge in [-0.05, 0) is 24.3 Å². The number of carbonyl (C=O) groups excluding carboxylic acids is 1. The van der Waals surface area contributed by atoms with Gasteiger partial charge in [0.05, 0.1) is 5.69 Å². The summed E-state index contributed by atoms with van der Waals surface area (Å²) in [6.07, 6.45) is 0.203. The molecule has 4 aromatic rings. The summed E-state index contributed by atoms with van der Waals surface area (Å²) in [6, 6.07) is 12.3. The second-order valence-corrected chi connectivity index (χ2v) is 7.71. The Morgan fingerprint density at radius 2 is 2.07 bits per heavy atom. The minimum atomic E-state index is -0.484. The molecule has 0 spiro atoms. The van der Waals surface area contributed by atoms with Crippen LogP contribution < -0.4 is 5.32 Å². The fraction of sp³-hybridized carbons (Fsp3) is 0.111. The van der Waals surface area contributed by atoms with Gasteiger partial charge in [0.1, 0.15) is 11.3 Å². The highest BCUT2D eigenvalue weighted by Crippen LogP contribution is 2.24. The van der Waals surface area contributed by atoms with E-state index in [-0.39, 0.29) is 18.0 Å². The number of carbonyl (C=O) groups is 1. The molecule has 27 heavy (non-hydrogen) atoms. The number of benzene rings is 2. The summed E-state index contributed by atoms with van der Waals surface area (Å²) in [5, 5.41) is 12.4. The van der Waals surface area contributed by atoms with Crippen LogP contribution in [0.25, 0.3) is 22.1 Å². The van der Waals surface area contributed by atoms with E-state index in [4.69, 9.17) is 0 Å². The first-order valence-electron chi connectivity index (χ1n) is 8.09. The molecule has 0 unspecified atom stereocenters. The van der Waals surface area contributed by atoms with Gasteiger partial charge in [0.2, 0.25) is 11.1 Å². The maximum Gasteiger partial charge on any atom is 0.225 e. The standard InChI is InChI=1S/C18H13BrFN5OS/c19-10-5-6-14(12(20)9-10)21-15(26)7-8-27-18-23-17-16(24-25-18)11-3-1-2-4-13(11)22-17/h1-6,9H,7-8H2,(H,21,26)(H,22,23,25). The number of aromatic nitrogens is 4. The Hall–Kier alpha value is -2.52. The second kappa shape index (κ2) is 7.61. The number of fused-ring (bicyclic) bond motifs is 3. The molecule has 0 aliphatic rings. The first-order valence-corrected chi connectivity index (χ1v) is 9.87. The first kappa shape index (κ1) is 17.9. The fourth-order valence-corrected chi connectivity index (χ4v) is 3.66. The van der Waals surface area contributed by atoms with Crippen LogP contribution in [0.5, 0.6) is 0 Å². The second-order valence-electron chi connectivity index (χ2n) is 5.73. The molecular weight excluding hydrogens is 433 g/mol. The average Bonchev–Trinajstić information content (AvgIpc) is 3.02. The summed E-state index contributed by atoms with van der Waals surface area (Å²) in [5.41, 5.74) is 2.49. The number of thioether (sulfide) groups is 1. The molecule has 0 radical (unpaired) electrons. The van der Waals surface area contributed by atoms with E-state index in [2.05, 4.69) is 41.4 Å². The average molecular weight is 446 g/mol. The number of para-hydroxylation sites is 1. The van der Waals surface area contributed by atoms with Crippen LogP contribution in [-0.4, -0.2) is 31.8 Å². The number of nitrogens with one attached hydrogen (secondary N) is 2. The summed E-state index contributed by atoms with van der Waals surface area (Å²) in [7, 11) is 0. The number of anilines is 1. The Bertz CT molecular complexity index is 1150. The van der Waals surface area contributed by atoms with Crippen LogP contribution in [0.3, 0.4) is 0 Å². The molecule has 0 saturated heterocycles. The van der Waals surface area contributed by atoms with E-state index in [1.54, 1.807) is 6.07 Å². The van der Waals surface area contributed by atoms with Gasteiger partial charge < -0.3 is 10.3 Å². The normalized spacial score (nSPS) is 11.2. The van der Waals surface area contributed by atoms with Crippen molar-refractivity contribution >= 4 is 61.4 Å². The summed E-state index contributed by atoms with van der Waals surface area (Å²) in [4.78, 5) is 19.7. The summed E-state index contributed by atoms with van der Waals surface area (Å²) < 4.78 is 14.4. The molecule has 0 aliphatic heterocycles. The fourth-order valence-electron chi connectivity index (χ4n) is 2.61. The van der Waals surface area contributed by atoms with Crippen molar-refractivity contribution in [2.24, 2.45) is 0 Å². The Morgan fingerprint density at radius 3 is 2.93 bits per heavy atom. The largest absolute Gasteiger partial charge is 0.338 e. The van der Waals surface area contributed by atoms with Crippen LogP contribution in [0.4, 0.5) is 10.1 Å². The Balaban J connectivity index is 1.38. The van der Waals surface area contributed by atoms with Crippen LogP contribution in [0, 0.1) is 5.82 Å². The van der Waals surface area contributed by atoms with E-state index < -0.39 is 5.82 Å². The lowest BCUT2D eigenvalue weighted by atomic mass is 10.2. The quantitative estimate of drug-likeness (QED) is 0.441. The monoisotopic (exact) mass is 445 g/mol. The summed E-state index contributed by atoms with van der Waals surface area (Å²) >= 11 is 4.50. The lowest BCUT2D eigenvalue weighted by Gasteiger charge is -2.06. The number of H-pyrrole nitrogens is 1. The van der Waals surface area contributed by atoms with E-state index in [1.165, 1.54) is 23.9 Å². The third-order valence-electron chi connectivity index (χ3n) is 3.87. The lowest BCUT2D eigenvalue weighted by molar-refractivity contribution is -0.115. The molecule has 0 fully saturated rings. The number of amides is 1. The predicted molar refractivity (Wildman–Crippen MR) is 107 cm³/mol. The molecule has 2 aromatic carbocycles. The third kappa shape index (κ3) is 3.93. The van der Waals surface area contributed by atoms with Gasteiger partial charge in [-0.15, -0.1) is 10.2 Å². The van der Waals surface area contributed by atoms with Gasteiger partial charge in [0.15, 0.2) is 5.65 Å². The molecule has 0 aliphatic carbocycles. The van der Waals surface area contributed by atoms with Crippen molar-refractivity contribution in [2.45, 2.75) is 11.6 Å². The summed E-state index contributed by atoms with van der Waals surface area (Å²) in [6.45, 7) is 0. The maximum absolute atomic E-state index is 13.8. The Morgan fingerprint density at radius 1 is 1.22 bits per heavy atom. The van der Waals surface area contributed by atoms with E-state index in [1.807, 2.05) is 24.3 Å². The van der Waals surface area contributed by atoms with Gasteiger partial charge in [0, 0.05) is 27.5 Å². The number of hydrogen-bond donors (Lipinski definition) is 2. The van der Waals surface area contributed by atoms with Crippen molar-refractivity contribution < 1.29 is 9.18 Å². The van der Waals surface area contributed by atoms with Crippen LogP contribution in [0.15, 0.2) is 52.1 Å². The van der Waals surface area contributed by atoms with Crippen molar-refractivity contribution in [3.8, 4) is 0 Å². The molecule has 136 valence electrons. The van der Waals surface area contributed by atoms with E-state index in [0.717, 1.165) is 16.4 Å². The Kier molecular flexibility index (Phi) is 5.04. The van der Waals surface area contributed by atoms with Gasteiger partial charge in [-0.2, -0.15) is 0 Å². The maximum atomic E-state index is 13.8. The number of nitrogens with zero attached hydrogens (tertiary/aromatic N) is 3. The van der Waals surface area contributed by atoms with E-state index >= 15 is 0 Å². The van der Waals surface area contributed by atoms with E-state index in [9.17, 15) is 9.18 Å². The molecule has 0 bridgehead atoms. The molecule has 2 N–H and O–H groups in total. The van der Waals surface area contributed by atoms with Crippen LogP contribution >= 0.6 is 27.7 Å². The Labute approximate surface area is 166 Å². The topological polar surface area (TPSA) is 83.6 Å². The molecule has 4 rings (SSSR count). The number of rotatable bonds is 5. The smallest absolute Gasteiger partial charge is 0.225 e. The zero-order valence-corrected chi connectivity index (χ0v) is 16.3. The SMILES string of the molecule is O=C(CCSc1nnc2c(n1)[nH]c1ccccc12)Nc1ccc(Br)cc1F. The van der Waals surface area contributed by atoms with Gasteiger partial charge in [0.25, 0.3) is 0 Å². The molecule has 2 aromatic heterocycles. The molecule has 0 atom stereocenters. The van der Waals surface area contributed by atoms with Crippen molar-refractivity contribution in [3.63, 3.8) is 0 Å². The molecular formula is C18H13BrFN5OS. The highest BCUT2D eigenvalue weighted by molar-refractivity contribution is 9.10. The highest BCUT2D eigenvalue weighted by Gasteiger charge is 2.11. The molecule has 2 heterocycles. The molecule has 6 nitrogen and oxygen atoms in total. The minimum Gasteiger partial charge on any atom is -0.338 e. The minimum absolute atomic E-state index is 0.158. The van der Waals surface area contributed by atoms with Crippen LogP contribution in [0.2, 0.25) is 0 Å². The van der Waals surface area contributed by atoms with Crippen molar-refractivity contribution in [1.29, 1.82) is 0 Å². The lowest BCUT2D eigenvalue weighted by Crippen LogP contribution is -2.13. The number of hydrogen-bond acceptors (Lipinski definition) is 5. The van der Waals surface area contributed by atoms with Crippen molar-refractivity contribution in [2.75, 3.05) is 11.1 Å². The van der Waals surface area contributed by atoms with Crippen LogP contribution in [0.1, 0.15) is 6.42 Å². The van der Waals surface area contributed by atoms with Crippen LogP contribution in [-0.2, 0) is 4.79 Å². The number of aromatic amines is 1. The van der Waals surface area contributed by atoms with Gasteiger partial charge in [-0.25, -0.2) is 9.37 Å². The number of halogens is 2. The first-order chi connectivity index (χ1) is 13.1. The predicted octanol–water partition coefficient (Wildman–Crippen LogP) is 4.53. The van der Waals surface area contributed by atoms with Gasteiger partial charge in [-0.1, -0.05) is 45.9 Å². The van der Waals surface area contributed by atoms with Crippen molar-refractivity contribution in [3.05, 3.63) is 52.8 Å². The molecule has 0 saturated carbocycles. The zero-order valence-electron chi connectivity index (χ0n) is 13.9.